The third-order valence-corrected chi connectivity index (χ3v) is 5.14. The zero-order valence-corrected chi connectivity index (χ0v) is 18.0. The van der Waals surface area contributed by atoms with Crippen molar-refractivity contribution >= 4 is 57.3 Å². The molecule has 132 valence electrons. The van der Waals surface area contributed by atoms with E-state index in [1.54, 1.807) is 25.3 Å². The summed E-state index contributed by atoms with van der Waals surface area (Å²) in [6.45, 7) is 0. The van der Waals surface area contributed by atoms with Crippen molar-refractivity contribution in [3.63, 3.8) is 0 Å². The highest BCUT2D eigenvalue weighted by atomic mass is 127. The highest BCUT2D eigenvalue weighted by Crippen LogP contribution is 2.23. The SMILES string of the molecule is COc1cc(C(=O)N/N=C\c2ccc(-c3ccc(I)cc3)o2)ccc1I. The van der Waals surface area contributed by atoms with Crippen LogP contribution in [0.2, 0.25) is 0 Å². The summed E-state index contributed by atoms with van der Waals surface area (Å²) in [6.07, 6.45) is 1.47. The number of nitrogens with one attached hydrogen (secondary N) is 1. The molecule has 0 bridgehead atoms. The number of amides is 1. The molecule has 0 atom stereocenters. The number of hydrazone groups is 1. The molecule has 0 unspecified atom stereocenters. The predicted octanol–water partition coefficient (Wildman–Crippen LogP) is 4.93. The number of hydrogen-bond acceptors (Lipinski definition) is 4. The number of rotatable bonds is 5. The molecule has 0 aliphatic heterocycles. The smallest absolute Gasteiger partial charge is 0.271 e. The van der Waals surface area contributed by atoms with E-state index in [1.807, 2.05) is 36.4 Å². The highest BCUT2D eigenvalue weighted by molar-refractivity contribution is 14.1. The summed E-state index contributed by atoms with van der Waals surface area (Å²) < 4.78 is 13.0. The minimum Gasteiger partial charge on any atom is -0.496 e. The first-order valence-electron chi connectivity index (χ1n) is 7.59. The molecule has 7 heteroatoms. The fourth-order valence-electron chi connectivity index (χ4n) is 2.21. The van der Waals surface area contributed by atoms with Gasteiger partial charge in [-0.1, -0.05) is 12.1 Å². The molecule has 0 radical (unpaired) electrons. The Bertz CT molecular complexity index is 950. The summed E-state index contributed by atoms with van der Waals surface area (Å²) >= 11 is 4.40. The molecule has 1 amide bonds. The summed E-state index contributed by atoms with van der Waals surface area (Å²) in [5.74, 6) is 1.63. The summed E-state index contributed by atoms with van der Waals surface area (Å²) in [4.78, 5) is 12.2. The van der Waals surface area contributed by atoms with Gasteiger partial charge in [-0.05, 0) is 87.6 Å². The van der Waals surface area contributed by atoms with Crippen molar-refractivity contribution in [2.75, 3.05) is 7.11 Å². The zero-order valence-electron chi connectivity index (χ0n) is 13.7. The number of furan rings is 1. The van der Waals surface area contributed by atoms with Crippen LogP contribution in [0.5, 0.6) is 5.75 Å². The second-order valence-electron chi connectivity index (χ2n) is 5.26. The maximum absolute atomic E-state index is 12.2. The van der Waals surface area contributed by atoms with Crippen LogP contribution >= 0.6 is 45.2 Å². The predicted molar refractivity (Wildman–Crippen MR) is 118 cm³/mol. The Morgan fingerprint density at radius 1 is 1.12 bits per heavy atom. The van der Waals surface area contributed by atoms with Crippen LogP contribution in [0.25, 0.3) is 11.3 Å². The lowest BCUT2D eigenvalue weighted by atomic mass is 10.2. The van der Waals surface area contributed by atoms with E-state index < -0.39 is 0 Å². The highest BCUT2D eigenvalue weighted by Gasteiger charge is 2.08. The summed E-state index contributed by atoms with van der Waals surface area (Å²) in [7, 11) is 1.57. The summed E-state index contributed by atoms with van der Waals surface area (Å²) in [5.41, 5.74) is 3.94. The molecule has 5 nitrogen and oxygen atoms in total. The Morgan fingerprint density at radius 3 is 2.62 bits per heavy atom. The van der Waals surface area contributed by atoms with E-state index in [1.165, 1.54) is 6.21 Å². The second kappa shape index (κ2) is 8.67. The van der Waals surface area contributed by atoms with E-state index in [4.69, 9.17) is 9.15 Å². The fraction of sp³-hybridized carbons (Fsp3) is 0.0526. The Morgan fingerprint density at radius 2 is 1.88 bits per heavy atom. The van der Waals surface area contributed by atoms with Gasteiger partial charge in [-0.2, -0.15) is 5.10 Å². The molecule has 1 heterocycles. The standard InChI is InChI=1S/C19H14I2N2O3/c1-25-18-10-13(4-8-16(18)21)19(24)23-22-11-15-7-9-17(26-15)12-2-5-14(20)6-3-12/h2-11H,1H3,(H,23,24)/b22-11-. The van der Waals surface area contributed by atoms with Crippen LogP contribution < -0.4 is 10.2 Å². The van der Waals surface area contributed by atoms with Crippen LogP contribution in [0.3, 0.4) is 0 Å². The molecule has 3 rings (SSSR count). The van der Waals surface area contributed by atoms with Crippen molar-refractivity contribution in [3.8, 4) is 17.1 Å². The number of halogens is 2. The third kappa shape index (κ3) is 4.64. The van der Waals surface area contributed by atoms with Gasteiger partial charge in [0.15, 0.2) is 0 Å². The van der Waals surface area contributed by atoms with Gasteiger partial charge in [0.1, 0.15) is 17.3 Å². The van der Waals surface area contributed by atoms with Crippen molar-refractivity contribution in [1.82, 2.24) is 5.43 Å². The van der Waals surface area contributed by atoms with E-state index in [0.29, 0.717) is 17.1 Å². The zero-order chi connectivity index (χ0) is 18.5. The third-order valence-electron chi connectivity index (χ3n) is 3.53. The Balaban J connectivity index is 1.65. The second-order valence-corrected chi connectivity index (χ2v) is 7.67. The number of hydrogen-bond donors (Lipinski definition) is 1. The number of carbonyl (C=O) groups excluding carboxylic acids is 1. The molecular weight excluding hydrogens is 558 g/mol. The molecule has 0 fully saturated rings. The summed E-state index contributed by atoms with van der Waals surface area (Å²) in [5, 5.41) is 3.95. The summed E-state index contributed by atoms with van der Waals surface area (Å²) in [6, 6.07) is 16.9. The van der Waals surface area contributed by atoms with E-state index in [9.17, 15) is 4.79 Å². The lowest BCUT2D eigenvalue weighted by Gasteiger charge is -2.05. The lowest BCUT2D eigenvalue weighted by molar-refractivity contribution is 0.0954. The van der Waals surface area contributed by atoms with Crippen LogP contribution in [-0.4, -0.2) is 19.2 Å². The van der Waals surface area contributed by atoms with Crippen LogP contribution in [0.15, 0.2) is 64.1 Å². The van der Waals surface area contributed by atoms with Crippen molar-refractivity contribution < 1.29 is 13.9 Å². The first-order valence-corrected chi connectivity index (χ1v) is 9.75. The number of methoxy groups -OCH3 is 1. The van der Waals surface area contributed by atoms with Gasteiger partial charge in [-0.3, -0.25) is 4.79 Å². The lowest BCUT2D eigenvalue weighted by Crippen LogP contribution is -2.17. The number of carbonyl (C=O) groups is 1. The van der Waals surface area contributed by atoms with Crippen LogP contribution in [0.1, 0.15) is 16.1 Å². The first-order chi connectivity index (χ1) is 12.6. The monoisotopic (exact) mass is 572 g/mol. The molecule has 1 N–H and O–H groups in total. The molecule has 3 aromatic rings. The van der Waals surface area contributed by atoms with Crippen LogP contribution in [0.4, 0.5) is 0 Å². The number of benzene rings is 2. The molecule has 0 saturated heterocycles. The molecule has 0 aliphatic rings. The molecule has 1 aromatic heterocycles. The van der Waals surface area contributed by atoms with Crippen LogP contribution in [-0.2, 0) is 0 Å². The fourth-order valence-corrected chi connectivity index (χ4v) is 3.13. The molecule has 0 aliphatic carbocycles. The average molecular weight is 572 g/mol. The maximum atomic E-state index is 12.2. The molecular formula is C19H14I2N2O3. The number of ether oxygens (including phenoxy) is 1. The molecule has 26 heavy (non-hydrogen) atoms. The van der Waals surface area contributed by atoms with Gasteiger partial charge in [-0.15, -0.1) is 0 Å². The van der Waals surface area contributed by atoms with E-state index >= 15 is 0 Å². The van der Waals surface area contributed by atoms with Gasteiger partial charge in [0.05, 0.1) is 16.9 Å². The quantitative estimate of drug-likeness (QED) is 0.268. The Kier molecular flexibility index (Phi) is 6.30. The van der Waals surface area contributed by atoms with Gasteiger partial charge >= 0.3 is 0 Å². The normalized spacial score (nSPS) is 10.9. The molecule has 2 aromatic carbocycles. The van der Waals surface area contributed by atoms with E-state index in [2.05, 4.69) is 55.7 Å². The Labute approximate surface area is 178 Å². The van der Waals surface area contributed by atoms with Gasteiger partial charge in [0.25, 0.3) is 5.91 Å². The topological polar surface area (TPSA) is 63.8 Å². The van der Waals surface area contributed by atoms with Crippen molar-refractivity contribution in [3.05, 3.63) is 73.1 Å². The van der Waals surface area contributed by atoms with Crippen LogP contribution in [0, 0.1) is 7.14 Å². The van der Waals surface area contributed by atoms with Crippen molar-refractivity contribution in [2.24, 2.45) is 5.10 Å². The van der Waals surface area contributed by atoms with Gasteiger partial charge in [0.2, 0.25) is 0 Å². The maximum Gasteiger partial charge on any atom is 0.271 e. The van der Waals surface area contributed by atoms with Gasteiger partial charge in [0, 0.05) is 14.7 Å². The van der Waals surface area contributed by atoms with Gasteiger partial charge in [-0.25, -0.2) is 5.43 Å². The van der Waals surface area contributed by atoms with Crippen molar-refractivity contribution in [2.45, 2.75) is 0 Å². The van der Waals surface area contributed by atoms with E-state index in [-0.39, 0.29) is 5.91 Å². The van der Waals surface area contributed by atoms with Crippen molar-refractivity contribution in [1.29, 1.82) is 0 Å². The van der Waals surface area contributed by atoms with E-state index in [0.717, 1.165) is 18.5 Å². The minimum atomic E-state index is -0.319. The first kappa shape index (κ1) is 18.9. The average Bonchev–Trinajstić information content (AvgIpc) is 3.11. The number of nitrogens with zero attached hydrogens (tertiary/aromatic N) is 1. The Hall–Kier alpha value is -1.88. The largest absolute Gasteiger partial charge is 0.496 e. The minimum absolute atomic E-state index is 0.319. The van der Waals surface area contributed by atoms with Gasteiger partial charge < -0.3 is 9.15 Å². The molecule has 0 spiro atoms. The molecule has 0 saturated carbocycles.